The Balaban J connectivity index is 1.39. The van der Waals surface area contributed by atoms with Crippen molar-refractivity contribution in [2.45, 2.75) is 26.1 Å². The van der Waals surface area contributed by atoms with Crippen molar-refractivity contribution in [2.75, 3.05) is 19.8 Å². The van der Waals surface area contributed by atoms with Gasteiger partial charge in [-0.15, -0.1) is 22.7 Å². The quantitative estimate of drug-likeness (QED) is 0.576. The Morgan fingerprint density at radius 1 is 1.03 bits per heavy atom. The molecule has 7 heteroatoms. The highest BCUT2D eigenvalue weighted by Crippen LogP contribution is 2.32. The maximum Gasteiger partial charge on any atom is 0.234 e. The first kappa shape index (κ1) is 19.9. The van der Waals surface area contributed by atoms with Gasteiger partial charge in [0.25, 0.3) is 0 Å². The van der Waals surface area contributed by atoms with Crippen LogP contribution in [0.5, 0.6) is 11.5 Å². The summed E-state index contributed by atoms with van der Waals surface area (Å²) in [4.78, 5) is 17.5. The lowest BCUT2D eigenvalue weighted by molar-refractivity contribution is -0.123. The fraction of sp³-hybridized carbons (Fsp3) is 0.318. The van der Waals surface area contributed by atoms with Crippen molar-refractivity contribution in [1.29, 1.82) is 0 Å². The van der Waals surface area contributed by atoms with Crippen molar-refractivity contribution in [3.63, 3.8) is 0 Å². The van der Waals surface area contributed by atoms with Crippen LogP contribution in [0, 0.1) is 0 Å². The Hall–Kier alpha value is -2.35. The van der Waals surface area contributed by atoms with Gasteiger partial charge in [-0.1, -0.05) is 18.2 Å². The summed E-state index contributed by atoms with van der Waals surface area (Å²) in [6, 6.07) is 14.1. The molecule has 0 saturated carbocycles. The minimum Gasteiger partial charge on any atom is -0.486 e. The highest BCUT2D eigenvalue weighted by molar-refractivity contribution is 7.10. The molecule has 1 amide bonds. The predicted molar refractivity (Wildman–Crippen MR) is 117 cm³/mol. The van der Waals surface area contributed by atoms with Crippen molar-refractivity contribution in [2.24, 2.45) is 0 Å². The normalized spacial score (nSPS) is 14.0. The van der Waals surface area contributed by atoms with Crippen LogP contribution in [-0.4, -0.2) is 30.6 Å². The lowest BCUT2D eigenvalue weighted by atomic mass is 10.1. The molecule has 3 heterocycles. The van der Waals surface area contributed by atoms with Gasteiger partial charge in [0.1, 0.15) is 13.2 Å². The molecule has 1 N–H and O–H groups in total. The van der Waals surface area contributed by atoms with Crippen molar-refractivity contribution < 1.29 is 14.3 Å². The fourth-order valence-corrected chi connectivity index (χ4v) is 4.81. The number of nitrogens with zero attached hydrogens (tertiary/aromatic N) is 1. The Morgan fingerprint density at radius 3 is 2.31 bits per heavy atom. The molecular weight excluding hydrogens is 404 g/mol. The van der Waals surface area contributed by atoms with E-state index in [1.54, 1.807) is 22.7 Å². The first-order chi connectivity index (χ1) is 14.2. The highest BCUT2D eigenvalue weighted by Gasteiger charge is 2.18. The van der Waals surface area contributed by atoms with Crippen molar-refractivity contribution >= 4 is 28.6 Å². The minimum atomic E-state index is -0.108. The van der Waals surface area contributed by atoms with E-state index in [2.05, 4.69) is 33.1 Å². The van der Waals surface area contributed by atoms with E-state index in [0.29, 0.717) is 19.8 Å². The van der Waals surface area contributed by atoms with Crippen LogP contribution < -0.4 is 14.8 Å². The molecule has 1 aliphatic rings. The monoisotopic (exact) mass is 428 g/mol. The molecule has 0 radical (unpaired) electrons. The van der Waals surface area contributed by atoms with Gasteiger partial charge in [-0.2, -0.15) is 0 Å². The van der Waals surface area contributed by atoms with E-state index in [1.807, 2.05) is 37.3 Å². The molecule has 0 spiro atoms. The predicted octanol–water partition coefficient (Wildman–Crippen LogP) is 4.46. The Labute approximate surface area is 178 Å². The summed E-state index contributed by atoms with van der Waals surface area (Å²) in [6.45, 7) is 5.00. The average Bonchev–Trinajstić information content (AvgIpc) is 3.41. The summed E-state index contributed by atoms with van der Waals surface area (Å²) >= 11 is 3.44. The number of amides is 1. The Bertz CT molecular complexity index is 889. The van der Waals surface area contributed by atoms with E-state index in [4.69, 9.17) is 9.47 Å². The van der Waals surface area contributed by atoms with Gasteiger partial charge in [0, 0.05) is 22.8 Å². The molecule has 4 rings (SSSR count). The number of carbonyl (C=O) groups is 1. The molecule has 29 heavy (non-hydrogen) atoms. The van der Waals surface area contributed by atoms with E-state index in [0.717, 1.165) is 30.2 Å². The summed E-state index contributed by atoms with van der Waals surface area (Å²) < 4.78 is 11.2. The van der Waals surface area contributed by atoms with Gasteiger partial charge in [0.2, 0.25) is 5.91 Å². The van der Waals surface area contributed by atoms with Gasteiger partial charge in [-0.25, -0.2) is 0 Å². The van der Waals surface area contributed by atoms with Crippen molar-refractivity contribution in [3.8, 4) is 11.5 Å². The summed E-state index contributed by atoms with van der Waals surface area (Å²) in [7, 11) is 0. The molecular formula is C22H24N2O3S2. The second kappa shape index (κ2) is 9.43. The van der Waals surface area contributed by atoms with Gasteiger partial charge in [-0.05, 0) is 47.5 Å². The number of hydrogen-bond donors (Lipinski definition) is 1. The molecule has 0 aliphatic carbocycles. The molecule has 1 aliphatic heterocycles. The molecule has 0 saturated heterocycles. The molecule has 3 aromatic rings. The number of thiophene rings is 2. The van der Waals surface area contributed by atoms with Gasteiger partial charge < -0.3 is 14.8 Å². The summed E-state index contributed by atoms with van der Waals surface area (Å²) in [5.74, 6) is 1.52. The minimum absolute atomic E-state index is 0.0144. The van der Waals surface area contributed by atoms with E-state index in [9.17, 15) is 4.79 Å². The number of ether oxygens (including phenoxy) is 2. The molecule has 1 atom stereocenters. The fourth-order valence-electron chi connectivity index (χ4n) is 3.32. The first-order valence-electron chi connectivity index (χ1n) is 9.63. The second-order valence-electron chi connectivity index (χ2n) is 7.00. The number of rotatable bonds is 8. The van der Waals surface area contributed by atoms with Crippen LogP contribution in [0.1, 0.15) is 28.3 Å². The smallest absolute Gasteiger partial charge is 0.234 e. The molecule has 0 bridgehead atoms. The second-order valence-corrected chi connectivity index (χ2v) is 9.06. The maximum atomic E-state index is 12.8. The lowest BCUT2D eigenvalue weighted by Crippen LogP contribution is -2.37. The Kier molecular flexibility index (Phi) is 6.49. The summed E-state index contributed by atoms with van der Waals surface area (Å²) in [5.41, 5.74) is 1.01. The number of fused-ring (bicyclic) bond motifs is 1. The molecule has 152 valence electrons. The third-order valence-corrected chi connectivity index (χ3v) is 6.45. The van der Waals surface area contributed by atoms with Gasteiger partial charge in [0.05, 0.1) is 12.6 Å². The number of hydrogen-bond acceptors (Lipinski definition) is 6. The van der Waals surface area contributed by atoms with Crippen LogP contribution in [0.4, 0.5) is 0 Å². The average molecular weight is 429 g/mol. The van der Waals surface area contributed by atoms with E-state index < -0.39 is 0 Å². The highest BCUT2D eigenvalue weighted by atomic mass is 32.1. The van der Waals surface area contributed by atoms with Crippen LogP contribution in [0.25, 0.3) is 0 Å². The SMILES string of the molecule is CC(NC(=O)CN(Cc1cccs1)Cc1cccs1)c1ccc2c(c1)OCCO2. The summed E-state index contributed by atoms with van der Waals surface area (Å²) in [5, 5.41) is 7.27. The number of carbonyl (C=O) groups excluding carboxylic acids is 1. The van der Waals surface area contributed by atoms with E-state index >= 15 is 0 Å². The molecule has 2 aromatic heterocycles. The topological polar surface area (TPSA) is 50.8 Å². The van der Waals surface area contributed by atoms with E-state index in [-0.39, 0.29) is 11.9 Å². The first-order valence-corrected chi connectivity index (χ1v) is 11.4. The van der Waals surface area contributed by atoms with Gasteiger partial charge in [0.15, 0.2) is 11.5 Å². The van der Waals surface area contributed by atoms with Gasteiger partial charge >= 0.3 is 0 Å². The van der Waals surface area contributed by atoms with Crippen LogP contribution in [0.15, 0.2) is 53.2 Å². The maximum absolute atomic E-state index is 12.8. The largest absolute Gasteiger partial charge is 0.486 e. The van der Waals surface area contributed by atoms with Crippen molar-refractivity contribution in [3.05, 3.63) is 68.5 Å². The number of benzene rings is 1. The lowest BCUT2D eigenvalue weighted by Gasteiger charge is -2.23. The zero-order valence-corrected chi connectivity index (χ0v) is 17.9. The van der Waals surface area contributed by atoms with Gasteiger partial charge in [-0.3, -0.25) is 9.69 Å². The van der Waals surface area contributed by atoms with Crippen LogP contribution >= 0.6 is 22.7 Å². The molecule has 1 unspecified atom stereocenters. The zero-order valence-electron chi connectivity index (χ0n) is 16.3. The van der Waals surface area contributed by atoms with Crippen molar-refractivity contribution in [1.82, 2.24) is 10.2 Å². The summed E-state index contributed by atoms with van der Waals surface area (Å²) in [6.07, 6.45) is 0. The number of nitrogens with one attached hydrogen (secondary N) is 1. The van der Waals surface area contributed by atoms with E-state index in [1.165, 1.54) is 9.75 Å². The van der Waals surface area contributed by atoms with Crippen LogP contribution in [0.2, 0.25) is 0 Å². The third kappa shape index (κ3) is 5.38. The molecule has 0 fully saturated rings. The van der Waals surface area contributed by atoms with Crippen LogP contribution in [-0.2, 0) is 17.9 Å². The zero-order chi connectivity index (χ0) is 20.1. The standard InChI is InChI=1S/C22H24N2O3S2/c1-16(17-6-7-20-21(12-17)27-9-8-26-20)23-22(25)15-24(13-18-4-2-10-28-18)14-19-5-3-11-29-19/h2-7,10-12,16H,8-9,13-15H2,1H3,(H,23,25). The molecule has 5 nitrogen and oxygen atoms in total. The third-order valence-electron chi connectivity index (χ3n) is 4.73. The Morgan fingerprint density at radius 2 is 1.69 bits per heavy atom. The van der Waals surface area contributed by atoms with Crippen LogP contribution in [0.3, 0.4) is 0 Å². The molecule has 1 aromatic carbocycles.